The summed E-state index contributed by atoms with van der Waals surface area (Å²) in [6.45, 7) is 0. The number of nitrogens with one attached hydrogen (secondary N) is 3. The quantitative estimate of drug-likeness (QED) is 0.632. The summed E-state index contributed by atoms with van der Waals surface area (Å²) in [7, 11) is 0. The lowest BCUT2D eigenvalue weighted by atomic mass is 10.2. The second kappa shape index (κ2) is 6.61. The second-order valence-electron chi connectivity index (χ2n) is 4.89. The van der Waals surface area contributed by atoms with Crippen molar-refractivity contribution >= 4 is 11.8 Å². The number of hydrazine groups is 1. The predicted octanol–water partition coefficient (Wildman–Crippen LogP) is 1.20. The molecular formula is C16H15N5O2. The van der Waals surface area contributed by atoms with Crippen LogP contribution in [0, 0.1) is 0 Å². The Morgan fingerprint density at radius 1 is 1.09 bits per heavy atom. The lowest BCUT2D eigenvalue weighted by molar-refractivity contribution is -0.121. The van der Waals surface area contributed by atoms with Crippen molar-refractivity contribution < 1.29 is 9.59 Å². The monoisotopic (exact) mass is 309 g/mol. The molecule has 7 heteroatoms. The number of hydrogen-bond acceptors (Lipinski definition) is 3. The average molecular weight is 309 g/mol. The minimum absolute atomic E-state index is 0.123. The van der Waals surface area contributed by atoms with Gasteiger partial charge in [0.2, 0.25) is 5.91 Å². The van der Waals surface area contributed by atoms with Crippen molar-refractivity contribution in [1.29, 1.82) is 0 Å². The summed E-state index contributed by atoms with van der Waals surface area (Å²) in [4.78, 5) is 26.3. The largest absolute Gasteiger partial charge is 0.357 e. The highest BCUT2D eigenvalue weighted by Gasteiger charge is 2.09. The third kappa shape index (κ3) is 3.65. The molecule has 0 saturated carbocycles. The molecule has 0 atom stereocenters. The highest BCUT2D eigenvalue weighted by Crippen LogP contribution is 2.07. The van der Waals surface area contributed by atoms with Crippen LogP contribution in [-0.2, 0) is 11.2 Å². The van der Waals surface area contributed by atoms with Crippen LogP contribution in [0.25, 0.3) is 5.69 Å². The van der Waals surface area contributed by atoms with Crippen LogP contribution in [-0.4, -0.2) is 26.6 Å². The van der Waals surface area contributed by atoms with Crippen LogP contribution in [0.3, 0.4) is 0 Å². The van der Waals surface area contributed by atoms with Crippen molar-refractivity contribution in [1.82, 2.24) is 25.6 Å². The number of carbonyl (C=O) groups excluding carboxylic acids is 2. The number of para-hydroxylation sites is 1. The van der Waals surface area contributed by atoms with Crippen molar-refractivity contribution in [3.8, 4) is 5.69 Å². The fraction of sp³-hybridized carbons (Fsp3) is 0.0625. The smallest absolute Gasteiger partial charge is 0.286 e. The molecule has 2 aromatic heterocycles. The number of carbonyl (C=O) groups is 2. The summed E-state index contributed by atoms with van der Waals surface area (Å²) in [6, 6.07) is 12.9. The molecule has 0 aliphatic heterocycles. The number of amides is 2. The number of nitrogens with zero attached hydrogens (tertiary/aromatic N) is 2. The first-order chi connectivity index (χ1) is 11.2. The van der Waals surface area contributed by atoms with E-state index < -0.39 is 5.91 Å². The zero-order valence-electron chi connectivity index (χ0n) is 12.2. The zero-order valence-corrected chi connectivity index (χ0v) is 12.2. The van der Waals surface area contributed by atoms with Crippen LogP contribution in [0.2, 0.25) is 0 Å². The maximum absolute atomic E-state index is 11.9. The SMILES string of the molecule is O=C(Cc1cnn(-c2ccccc2)c1)NNC(=O)c1ccc[nH]1. The standard InChI is InChI=1S/C16H15N5O2/c22-15(19-20-16(23)14-7-4-8-17-14)9-12-10-18-21(11-12)13-5-2-1-3-6-13/h1-8,10-11,17H,9H2,(H,19,22)(H,20,23). The Morgan fingerprint density at radius 3 is 2.65 bits per heavy atom. The molecule has 0 aliphatic rings. The lowest BCUT2D eigenvalue weighted by Crippen LogP contribution is -2.42. The van der Waals surface area contributed by atoms with Gasteiger partial charge in [0.05, 0.1) is 18.3 Å². The van der Waals surface area contributed by atoms with Gasteiger partial charge in [-0.3, -0.25) is 20.4 Å². The van der Waals surface area contributed by atoms with Gasteiger partial charge in [-0.15, -0.1) is 0 Å². The highest BCUT2D eigenvalue weighted by atomic mass is 16.2. The van der Waals surface area contributed by atoms with E-state index in [0.717, 1.165) is 11.3 Å². The van der Waals surface area contributed by atoms with Gasteiger partial charge in [0.15, 0.2) is 0 Å². The first-order valence-corrected chi connectivity index (χ1v) is 7.04. The highest BCUT2D eigenvalue weighted by molar-refractivity contribution is 5.93. The average Bonchev–Trinajstić information content (AvgIpc) is 3.25. The van der Waals surface area contributed by atoms with Gasteiger partial charge >= 0.3 is 0 Å². The maximum Gasteiger partial charge on any atom is 0.286 e. The van der Waals surface area contributed by atoms with E-state index in [1.165, 1.54) is 0 Å². The molecule has 0 bridgehead atoms. The Morgan fingerprint density at radius 2 is 1.91 bits per heavy atom. The topological polar surface area (TPSA) is 91.8 Å². The number of hydrogen-bond donors (Lipinski definition) is 3. The molecule has 2 heterocycles. The third-order valence-corrected chi connectivity index (χ3v) is 3.18. The van der Waals surface area contributed by atoms with Crippen molar-refractivity contribution in [3.05, 3.63) is 72.3 Å². The molecule has 23 heavy (non-hydrogen) atoms. The molecule has 3 aromatic rings. The van der Waals surface area contributed by atoms with E-state index >= 15 is 0 Å². The molecule has 0 radical (unpaired) electrons. The van der Waals surface area contributed by atoms with Crippen molar-refractivity contribution in [3.63, 3.8) is 0 Å². The molecule has 0 fully saturated rings. The van der Waals surface area contributed by atoms with Crippen LogP contribution in [0.5, 0.6) is 0 Å². The minimum atomic E-state index is -0.400. The van der Waals surface area contributed by atoms with Gasteiger partial charge in [-0.25, -0.2) is 4.68 Å². The van der Waals surface area contributed by atoms with Gasteiger partial charge in [0.1, 0.15) is 5.69 Å². The van der Waals surface area contributed by atoms with Crippen molar-refractivity contribution in [2.45, 2.75) is 6.42 Å². The summed E-state index contributed by atoms with van der Waals surface area (Å²) >= 11 is 0. The molecule has 0 unspecified atom stereocenters. The van der Waals surface area contributed by atoms with Crippen LogP contribution >= 0.6 is 0 Å². The molecule has 0 aliphatic carbocycles. The summed E-state index contributed by atoms with van der Waals surface area (Å²) < 4.78 is 1.69. The second-order valence-corrected chi connectivity index (χ2v) is 4.89. The molecule has 3 rings (SSSR count). The normalized spacial score (nSPS) is 10.3. The number of H-pyrrole nitrogens is 1. The number of benzene rings is 1. The van der Waals surface area contributed by atoms with Gasteiger partial charge in [-0.2, -0.15) is 5.10 Å². The fourth-order valence-electron chi connectivity index (χ4n) is 2.07. The Hall–Kier alpha value is -3.35. The van der Waals surface area contributed by atoms with Gasteiger partial charge in [0.25, 0.3) is 5.91 Å². The number of aromatic amines is 1. The Labute approximate surface area is 132 Å². The molecule has 1 aromatic carbocycles. The van der Waals surface area contributed by atoms with E-state index in [2.05, 4.69) is 20.9 Å². The molecule has 3 N–H and O–H groups in total. The summed E-state index contributed by atoms with van der Waals surface area (Å²) in [5.74, 6) is -0.721. The number of rotatable bonds is 4. The molecule has 0 spiro atoms. The molecule has 0 saturated heterocycles. The first kappa shape index (κ1) is 14.6. The van der Waals surface area contributed by atoms with Gasteiger partial charge in [0, 0.05) is 12.4 Å². The Balaban J connectivity index is 1.54. The summed E-state index contributed by atoms with van der Waals surface area (Å²) in [5.41, 5.74) is 6.76. The van der Waals surface area contributed by atoms with Crippen LogP contribution < -0.4 is 10.9 Å². The van der Waals surface area contributed by atoms with Gasteiger partial charge in [-0.05, 0) is 29.8 Å². The van der Waals surface area contributed by atoms with Crippen LogP contribution in [0.1, 0.15) is 16.1 Å². The third-order valence-electron chi connectivity index (χ3n) is 3.18. The van der Waals surface area contributed by atoms with Gasteiger partial charge in [-0.1, -0.05) is 18.2 Å². The minimum Gasteiger partial charge on any atom is -0.357 e. The zero-order chi connectivity index (χ0) is 16.1. The first-order valence-electron chi connectivity index (χ1n) is 7.04. The number of aromatic nitrogens is 3. The van der Waals surface area contributed by atoms with Crippen molar-refractivity contribution in [2.75, 3.05) is 0 Å². The Kier molecular flexibility index (Phi) is 4.19. The summed E-state index contributed by atoms with van der Waals surface area (Å²) in [6.07, 6.45) is 5.16. The van der Waals surface area contributed by atoms with E-state index in [4.69, 9.17) is 0 Å². The molecular weight excluding hydrogens is 294 g/mol. The van der Waals surface area contributed by atoms with E-state index in [9.17, 15) is 9.59 Å². The van der Waals surface area contributed by atoms with E-state index in [1.54, 1.807) is 35.4 Å². The predicted molar refractivity (Wildman–Crippen MR) is 83.7 cm³/mol. The molecule has 7 nitrogen and oxygen atoms in total. The van der Waals surface area contributed by atoms with E-state index in [0.29, 0.717) is 5.69 Å². The van der Waals surface area contributed by atoms with Crippen LogP contribution in [0.15, 0.2) is 61.1 Å². The summed E-state index contributed by atoms with van der Waals surface area (Å²) in [5, 5.41) is 4.22. The Bertz CT molecular complexity index is 793. The lowest BCUT2D eigenvalue weighted by Gasteiger charge is -2.05. The fourth-order valence-corrected chi connectivity index (χ4v) is 2.07. The van der Waals surface area contributed by atoms with Crippen molar-refractivity contribution in [2.24, 2.45) is 0 Å². The molecule has 116 valence electrons. The van der Waals surface area contributed by atoms with Gasteiger partial charge < -0.3 is 4.98 Å². The van der Waals surface area contributed by atoms with Crippen LogP contribution in [0.4, 0.5) is 0 Å². The maximum atomic E-state index is 11.9. The van der Waals surface area contributed by atoms with E-state index in [-0.39, 0.29) is 12.3 Å². The van der Waals surface area contributed by atoms with E-state index in [1.807, 2.05) is 30.3 Å². The molecule has 2 amide bonds.